The molecular formula is C22H28N4O4. The van der Waals surface area contributed by atoms with Crippen LogP contribution >= 0.6 is 0 Å². The van der Waals surface area contributed by atoms with Crippen molar-refractivity contribution in [3.05, 3.63) is 57.5 Å². The minimum absolute atomic E-state index is 0.00665. The molecule has 1 fully saturated rings. The first-order valence-electron chi connectivity index (χ1n) is 10.3. The Balaban J connectivity index is 1.36. The summed E-state index contributed by atoms with van der Waals surface area (Å²) in [6, 6.07) is 8.80. The van der Waals surface area contributed by atoms with Crippen LogP contribution in [0.3, 0.4) is 0 Å². The first kappa shape index (κ1) is 21.5. The van der Waals surface area contributed by atoms with Gasteiger partial charge in [0.1, 0.15) is 11.4 Å². The van der Waals surface area contributed by atoms with E-state index in [2.05, 4.69) is 15.5 Å². The number of nitrogens with one attached hydrogen (secondary N) is 2. The molecule has 2 aromatic rings. The van der Waals surface area contributed by atoms with Gasteiger partial charge in [-0.3, -0.25) is 14.4 Å². The number of H-pyrrole nitrogens is 1. The molecule has 1 aromatic carbocycles. The van der Waals surface area contributed by atoms with E-state index < -0.39 is 0 Å². The Bertz CT molecular complexity index is 908. The van der Waals surface area contributed by atoms with Crippen LogP contribution in [0.5, 0.6) is 5.75 Å². The summed E-state index contributed by atoms with van der Waals surface area (Å²) in [6.07, 6.45) is 2.44. The number of amides is 2. The molecule has 0 spiro atoms. The van der Waals surface area contributed by atoms with Crippen LogP contribution < -0.4 is 15.6 Å². The summed E-state index contributed by atoms with van der Waals surface area (Å²) >= 11 is 0. The van der Waals surface area contributed by atoms with E-state index in [-0.39, 0.29) is 29.1 Å². The van der Waals surface area contributed by atoms with Crippen molar-refractivity contribution in [2.24, 2.45) is 0 Å². The number of rotatable bonds is 7. The molecule has 8 heteroatoms. The van der Waals surface area contributed by atoms with Crippen molar-refractivity contribution in [3.63, 3.8) is 0 Å². The fourth-order valence-corrected chi connectivity index (χ4v) is 3.59. The van der Waals surface area contributed by atoms with Gasteiger partial charge in [-0.1, -0.05) is 18.2 Å². The molecule has 2 N–H and O–H groups in total. The van der Waals surface area contributed by atoms with Crippen LogP contribution in [-0.4, -0.2) is 52.6 Å². The Morgan fingerprint density at radius 3 is 2.50 bits per heavy atom. The average Bonchev–Trinajstić information content (AvgIpc) is 2.73. The van der Waals surface area contributed by atoms with Crippen LogP contribution in [0.15, 0.2) is 35.1 Å². The number of aromatic amines is 1. The Labute approximate surface area is 175 Å². The van der Waals surface area contributed by atoms with Crippen molar-refractivity contribution >= 4 is 11.8 Å². The zero-order chi connectivity index (χ0) is 21.5. The van der Waals surface area contributed by atoms with E-state index >= 15 is 0 Å². The number of ether oxygens (including phenoxy) is 1. The first-order valence-corrected chi connectivity index (χ1v) is 10.3. The van der Waals surface area contributed by atoms with E-state index in [1.165, 1.54) is 12.1 Å². The number of hydrogen-bond acceptors (Lipinski definition) is 5. The fourth-order valence-electron chi connectivity index (χ4n) is 3.59. The highest BCUT2D eigenvalue weighted by molar-refractivity contribution is 5.92. The molecule has 0 unspecified atom stereocenters. The topological polar surface area (TPSA) is 104 Å². The van der Waals surface area contributed by atoms with Crippen LogP contribution in [0.4, 0.5) is 0 Å². The molecule has 0 radical (unpaired) electrons. The third-order valence-electron chi connectivity index (χ3n) is 5.25. The molecule has 160 valence electrons. The number of benzene rings is 1. The molecule has 2 heterocycles. The van der Waals surface area contributed by atoms with Gasteiger partial charge in [-0.25, -0.2) is 5.10 Å². The van der Waals surface area contributed by atoms with Crippen molar-refractivity contribution in [1.82, 2.24) is 20.4 Å². The lowest BCUT2D eigenvalue weighted by atomic mass is 10.0. The normalized spacial score (nSPS) is 14.4. The van der Waals surface area contributed by atoms with E-state index in [4.69, 9.17) is 4.74 Å². The maximum absolute atomic E-state index is 12.4. The fraction of sp³-hybridized carbons (Fsp3) is 0.455. The lowest BCUT2D eigenvalue weighted by Gasteiger charge is -2.32. The highest BCUT2D eigenvalue weighted by atomic mass is 16.5. The molecule has 2 amide bonds. The van der Waals surface area contributed by atoms with Gasteiger partial charge < -0.3 is 15.0 Å². The zero-order valence-corrected chi connectivity index (χ0v) is 17.4. The molecule has 0 atom stereocenters. The smallest absolute Gasteiger partial charge is 0.274 e. The Kier molecular flexibility index (Phi) is 7.21. The third-order valence-corrected chi connectivity index (χ3v) is 5.25. The van der Waals surface area contributed by atoms with E-state index in [0.717, 1.165) is 16.9 Å². The highest BCUT2D eigenvalue weighted by Gasteiger charge is 2.25. The monoisotopic (exact) mass is 412 g/mol. The molecule has 1 aliphatic rings. The van der Waals surface area contributed by atoms with E-state index in [1.54, 1.807) is 4.90 Å². The molecule has 1 saturated heterocycles. The van der Waals surface area contributed by atoms with Gasteiger partial charge in [-0.2, -0.15) is 5.10 Å². The van der Waals surface area contributed by atoms with E-state index in [1.807, 2.05) is 32.0 Å². The number of para-hydroxylation sites is 1. The molecule has 0 saturated carbocycles. The third kappa shape index (κ3) is 5.68. The number of carbonyl (C=O) groups is 2. The van der Waals surface area contributed by atoms with Gasteiger partial charge in [-0.15, -0.1) is 0 Å². The Morgan fingerprint density at radius 1 is 1.17 bits per heavy atom. The molecule has 8 nitrogen and oxygen atoms in total. The minimum atomic E-state index is -0.340. The van der Waals surface area contributed by atoms with E-state index in [9.17, 15) is 14.4 Å². The summed E-state index contributed by atoms with van der Waals surface area (Å²) < 4.78 is 5.85. The zero-order valence-electron chi connectivity index (χ0n) is 17.4. The van der Waals surface area contributed by atoms with Crippen LogP contribution in [0, 0.1) is 13.8 Å². The summed E-state index contributed by atoms with van der Waals surface area (Å²) in [5.41, 5.74) is 2.07. The summed E-state index contributed by atoms with van der Waals surface area (Å²) in [6.45, 7) is 5.61. The molecule has 3 rings (SSSR count). The molecule has 1 aromatic heterocycles. The van der Waals surface area contributed by atoms with Gasteiger partial charge >= 0.3 is 0 Å². The van der Waals surface area contributed by atoms with Gasteiger partial charge in [0.2, 0.25) is 5.91 Å². The summed E-state index contributed by atoms with van der Waals surface area (Å²) in [5.74, 6) is 0.693. The maximum Gasteiger partial charge on any atom is 0.274 e. The van der Waals surface area contributed by atoms with Crippen LogP contribution in [0.1, 0.15) is 47.3 Å². The lowest BCUT2D eigenvalue weighted by molar-refractivity contribution is -0.122. The number of piperidine rings is 1. The molecule has 1 aliphatic heterocycles. The maximum atomic E-state index is 12.4. The molecule has 30 heavy (non-hydrogen) atoms. The van der Waals surface area contributed by atoms with Crippen molar-refractivity contribution in [3.8, 4) is 5.75 Å². The number of hydrogen-bond donors (Lipinski definition) is 2. The number of aromatic nitrogens is 2. The minimum Gasteiger partial charge on any atom is -0.493 e. The summed E-state index contributed by atoms with van der Waals surface area (Å²) in [5, 5.41) is 9.11. The number of aryl methyl sites for hydroxylation is 2. The van der Waals surface area contributed by atoms with E-state index in [0.29, 0.717) is 45.4 Å². The summed E-state index contributed by atoms with van der Waals surface area (Å²) in [7, 11) is 0. The second-order valence-electron chi connectivity index (χ2n) is 7.61. The highest BCUT2D eigenvalue weighted by Crippen LogP contribution is 2.22. The second kappa shape index (κ2) is 10.0. The summed E-state index contributed by atoms with van der Waals surface area (Å²) in [4.78, 5) is 37.4. The van der Waals surface area contributed by atoms with Crippen molar-refractivity contribution in [1.29, 1.82) is 0 Å². The van der Waals surface area contributed by atoms with Gasteiger partial charge in [0.25, 0.3) is 11.5 Å². The first-order chi connectivity index (χ1) is 14.4. The van der Waals surface area contributed by atoms with Crippen molar-refractivity contribution < 1.29 is 14.3 Å². The number of likely N-dealkylation sites (tertiary alicyclic amines) is 1. The van der Waals surface area contributed by atoms with Crippen LogP contribution in [0.25, 0.3) is 0 Å². The average molecular weight is 412 g/mol. The Morgan fingerprint density at radius 2 is 1.87 bits per heavy atom. The van der Waals surface area contributed by atoms with Gasteiger partial charge in [0.05, 0.1) is 6.61 Å². The Hall–Kier alpha value is -3.16. The van der Waals surface area contributed by atoms with Crippen LogP contribution in [-0.2, 0) is 4.79 Å². The number of nitrogens with zero attached hydrogens (tertiary/aromatic N) is 2. The largest absolute Gasteiger partial charge is 0.493 e. The second-order valence-corrected chi connectivity index (χ2v) is 7.61. The predicted molar refractivity (Wildman–Crippen MR) is 113 cm³/mol. The SMILES string of the molecule is Cc1cccc(C)c1OCCCC(=O)NC1CCN(C(=O)c2ccc(=O)[nH]n2)CC1. The van der Waals surface area contributed by atoms with Gasteiger partial charge in [0.15, 0.2) is 0 Å². The van der Waals surface area contributed by atoms with Crippen LogP contribution in [0.2, 0.25) is 0 Å². The predicted octanol–water partition coefficient (Wildman–Crippen LogP) is 1.97. The standard InChI is InChI=1S/C22H28N4O4/c1-15-5-3-6-16(2)21(15)30-14-4-7-19(27)23-17-10-12-26(13-11-17)22(29)18-8-9-20(28)25-24-18/h3,5-6,8-9,17H,4,7,10-14H2,1-2H3,(H,23,27)(H,25,28). The molecule has 0 aliphatic carbocycles. The lowest BCUT2D eigenvalue weighted by Crippen LogP contribution is -2.46. The quantitative estimate of drug-likeness (QED) is 0.677. The van der Waals surface area contributed by atoms with Crippen molar-refractivity contribution in [2.75, 3.05) is 19.7 Å². The number of carbonyl (C=O) groups excluding carboxylic acids is 2. The van der Waals surface area contributed by atoms with Gasteiger partial charge in [-0.05, 0) is 50.3 Å². The molecular weight excluding hydrogens is 384 g/mol. The molecule has 0 bridgehead atoms. The van der Waals surface area contributed by atoms with Gasteiger partial charge in [0, 0.05) is 31.6 Å². The van der Waals surface area contributed by atoms with Crippen molar-refractivity contribution in [2.45, 2.75) is 45.6 Å².